The average Bonchev–Trinajstić information content (AvgIpc) is 3.15. The van der Waals surface area contributed by atoms with Crippen LogP contribution in [0.4, 0.5) is 20.2 Å². The minimum atomic E-state index is -3.03. The lowest BCUT2D eigenvalue weighted by Crippen LogP contribution is -2.28. The highest BCUT2D eigenvalue weighted by Crippen LogP contribution is 2.29. The van der Waals surface area contributed by atoms with Gasteiger partial charge in [-0.25, -0.2) is 0 Å². The van der Waals surface area contributed by atoms with E-state index in [2.05, 4.69) is 10.1 Å². The lowest BCUT2D eigenvalue weighted by atomic mass is 10.1. The van der Waals surface area contributed by atoms with Crippen molar-refractivity contribution in [1.82, 2.24) is 0 Å². The number of ether oxygens (including phenoxy) is 2. The van der Waals surface area contributed by atoms with Crippen LogP contribution in [0.1, 0.15) is 6.42 Å². The highest BCUT2D eigenvalue weighted by Gasteiger charge is 2.36. The molecule has 1 aliphatic heterocycles. The highest BCUT2D eigenvalue weighted by atomic mass is 35.5. The molecular weight excluding hydrogens is 466 g/mol. The standard InChI is InChI=1S/C21H19ClF2N2O5S/c1-32-15-5-3-14(4-6-15)26-10-12(8-19(26)28)20(29)30-11-18(27)25-13-2-7-17(16(22)9-13)31-21(23)24/h2-7,9,12,21H,8,10-11H2,1H3,(H,25,27). The number of amides is 2. The maximum absolute atomic E-state index is 12.3. The molecule has 32 heavy (non-hydrogen) atoms. The first-order valence-corrected chi connectivity index (χ1v) is 11.0. The molecule has 0 spiro atoms. The molecule has 2 amide bonds. The first-order chi connectivity index (χ1) is 15.3. The molecule has 1 saturated heterocycles. The molecule has 1 N–H and O–H groups in total. The number of rotatable bonds is 8. The summed E-state index contributed by atoms with van der Waals surface area (Å²) in [6.45, 7) is -3.43. The van der Waals surface area contributed by atoms with Crippen LogP contribution >= 0.6 is 23.4 Å². The van der Waals surface area contributed by atoms with Crippen molar-refractivity contribution in [3.63, 3.8) is 0 Å². The largest absolute Gasteiger partial charge is 0.455 e. The Morgan fingerprint density at radius 1 is 1.25 bits per heavy atom. The zero-order valence-corrected chi connectivity index (χ0v) is 18.4. The molecule has 0 saturated carbocycles. The molecular formula is C21H19ClF2N2O5S. The quantitative estimate of drug-likeness (QED) is 0.446. The summed E-state index contributed by atoms with van der Waals surface area (Å²) in [5.41, 5.74) is 0.908. The fourth-order valence-electron chi connectivity index (χ4n) is 3.10. The summed E-state index contributed by atoms with van der Waals surface area (Å²) >= 11 is 7.41. The second-order valence-corrected chi connectivity index (χ2v) is 8.07. The topological polar surface area (TPSA) is 84.9 Å². The number of nitrogens with one attached hydrogen (secondary N) is 1. The van der Waals surface area contributed by atoms with Crippen LogP contribution < -0.4 is 15.0 Å². The number of alkyl halides is 2. The number of hydrogen-bond acceptors (Lipinski definition) is 6. The van der Waals surface area contributed by atoms with Gasteiger partial charge in [-0.2, -0.15) is 8.78 Å². The SMILES string of the molecule is CSc1ccc(N2CC(C(=O)OCC(=O)Nc3ccc(OC(F)F)c(Cl)c3)CC2=O)cc1. The summed E-state index contributed by atoms with van der Waals surface area (Å²) < 4.78 is 33.8. The van der Waals surface area contributed by atoms with Gasteiger partial charge in [0.2, 0.25) is 5.91 Å². The Morgan fingerprint density at radius 2 is 1.97 bits per heavy atom. The number of halogens is 3. The van der Waals surface area contributed by atoms with Crippen molar-refractivity contribution in [3.8, 4) is 5.75 Å². The molecule has 1 unspecified atom stereocenters. The van der Waals surface area contributed by atoms with E-state index in [1.54, 1.807) is 11.8 Å². The van der Waals surface area contributed by atoms with Crippen molar-refractivity contribution < 1.29 is 32.6 Å². The maximum atomic E-state index is 12.3. The average molecular weight is 485 g/mol. The van der Waals surface area contributed by atoms with E-state index >= 15 is 0 Å². The molecule has 1 heterocycles. The Labute approximate surface area is 192 Å². The molecule has 7 nitrogen and oxygen atoms in total. The summed E-state index contributed by atoms with van der Waals surface area (Å²) in [6.07, 6.45) is 1.94. The van der Waals surface area contributed by atoms with Crippen LogP contribution in [-0.4, -0.2) is 43.8 Å². The Bertz CT molecular complexity index is 1010. The van der Waals surface area contributed by atoms with E-state index in [1.807, 2.05) is 30.5 Å². The van der Waals surface area contributed by atoms with E-state index < -0.39 is 31.0 Å². The molecule has 0 bridgehead atoms. The van der Waals surface area contributed by atoms with Gasteiger partial charge in [0, 0.05) is 29.2 Å². The van der Waals surface area contributed by atoms with Crippen molar-refractivity contribution in [1.29, 1.82) is 0 Å². The molecule has 1 aliphatic rings. The minimum Gasteiger partial charge on any atom is -0.455 e. The van der Waals surface area contributed by atoms with Crippen molar-refractivity contribution in [2.24, 2.45) is 5.92 Å². The van der Waals surface area contributed by atoms with E-state index in [0.717, 1.165) is 4.90 Å². The second-order valence-electron chi connectivity index (χ2n) is 6.78. The van der Waals surface area contributed by atoms with Gasteiger partial charge < -0.3 is 19.7 Å². The zero-order chi connectivity index (χ0) is 23.3. The van der Waals surface area contributed by atoms with Crippen LogP contribution in [-0.2, 0) is 19.1 Å². The lowest BCUT2D eigenvalue weighted by Gasteiger charge is -2.17. The van der Waals surface area contributed by atoms with Crippen LogP contribution in [0, 0.1) is 5.92 Å². The molecule has 1 fully saturated rings. The van der Waals surface area contributed by atoms with Crippen molar-refractivity contribution >= 4 is 52.5 Å². The van der Waals surface area contributed by atoms with E-state index in [4.69, 9.17) is 16.3 Å². The van der Waals surface area contributed by atoms with Gasteiger partial charge in [0.25, 0.3) is 5.91 Å². The third-order valence-corrected chi connectivity index (χ3v) is 5.66. The van der Waals surface area contributed by atoms with Gasteiger partial charge in [-0.05, 0) is 48.7 Å². The number of benzene rings is 2. The number of esters is 1. The number of hydrogen-bond donors (Lipinski definition) is 1. The third-order valence-electron chi connectivity index (χ3n) is 4.62. The lowest BCUT2D eigenvalue weighted by molar-refractivity contribution is -0.151. The van der Waals surface area contributed by atoms with Gasteiger partial charge in [-0.15, -0.1) is 11.8 Å². The molecule has 2 aromatic rings. The minimum absolute atomic E-state index is 0.00800. The van der Waals surface area contributed by atoms with Gasteiger partial charge in [-0.1, -0.05) is 11.6 Å². The molecule has 170 valence electrons. The fourth-order valence-corrected chi connectivity index (χ4v) is 3.73. The van der Waals surface area contributed by atoms with Crippen molar-refractivity contribution in [3.05, 3.63) is 47.5 Å². The Balaban J connectivity index is 1.50. The van der Waals surface area contributed by atoms with Crippen LogP contribution in [0.5, 0.6) is 5.75 Å². The normalized spacial score (nSPS) is 15.7. The zero-order valence-electron chi connectivity index (χ0n) is 16.8. The molecule has 0 aliphatic carbocycles. The number of nitrogens with zero attached hydrogens (tertiary/aromatic N) is 1. The molecule has 11 heteroatoms. The van der Waals surface area contributed by atoms with Gasteiger partial charge in [-0.3, -0.25) is 14.4 Å². The summed E-state index contributed by atoms with van der Waals surface area (Å²) in [5.74, 6) is -2.42. The molecule has 0 aromatic heterocycles. The molecule has 3 rings (SSSR count). The first-order valence-electron chi connectivity index (χ1n) is 9.42. The Hall–Kier alpha value is -2.85. The van der Waals surface area contributed by atoms with Crippen LogP contribution in [0.3, 0.4) is 0 Å². The molecule has 1 atom stereocenters. The van der Waals surface area contributed by atoms with Crippen LogP contribution in [0.2, 0.25) is 5.02 Å². The monoisotopic (exact) mass is 484 g/mol. The Kier molecular flexibility index (Phi) is 7.92. The number of carbonyl (C=O) groups is 3. The first kappa shape index (κ1) is 23.8. The predicted molar refractivity (Wildman–Crippen MR) is 116 cm³/mol. The van der Waals surface area contributed by atoms with Gasteiger partial charge >= 0.3 is 12.6 Å². The number of thioether (sulfide) groups is 1. The number of carbonyl (C=O) groups excluding carboxylic acids is 3. The van der Waals surface area contributed by atoms with E-state index in [9.17, 15) is 23.2 Å². The highest BCUT2D eigenvalue weighted by molar-refractivity contribution is 7.98. The van der Waals surface area contributed by atoms with E-state index in [1.165, 1.54) is 23.1 Å². The van der Waals surface area contributed by atoms with E-state index in [-0.39, 0.29) is 35.3 Å². The summed E-state index contributed by atoms with van der Waals surface area (Å²) in [6, 6.07) is 11.1. The van der Waals surface area contributed by atoms with Gasteiger partial charge in [0.1, 0.15) is 5.75 Å². The Morgan fingerprint density at radius 3 is 2.59 bits per heavy atom. The number of anilines is 2. The van der Waals surface area contributed by atoms with Crippen molar-refractivity contribution in [2.75, 3.05) is 29.6 Å². The summed E-state index contributed by atoms with van der Waals surface area (Å²) in [5, 5.41) is 2.32. The van der Waals surface area contributed by atoms with Crippen LogP contribution in [0.25, 0.3) is 0 Å². The van der Waals surface area contributed by atoms with Crippen LogP contribution in [0.15, 0.2) is 47.4 Å². The fraction of sp³-hybridized carbons (Fsp3) is 0.286. The van der Waals surface area contributed by atoms with Crippen molar-refractivity contribution in [2.45, 2.75) is 17.9 Å². The molecule has 2 aromatic carbocycles. The van der Waals surface area contributed by atoms with Gasteiger partial charge in [0.05, 0.1) is 10.9 Å². The summed E-state index contributed by atoms with van der Waals surface area (Å²) in [7, 11) is 0. The maximum Gasteiger partial charge on any atom is 0.387 e. The second kappa shape index (κ2) is 10.6. The third kappa shape index (κ3) is 6.10. The predicted octanol–water partition coefficient (Wildman–Crippen LogP) is 4.20. The van der Waals surface area contributed by atoms with Gasteiger partial charge in [0.15, 0.2) is 6.61 Å². The summed E-state index contributed by atoms with van der Waals surface area (Å²) in [4.78, 5) is 39.3. The molecule has 0 radical (unpaired) electrons. The van der Waals surface area contributed by atoms with E-state index in [0.29, 0.717) is 5.69 Å². The smallest absolute Gasteiger partial charge is 0.387 e.